The van der Waals surface area contributed by atoms with Gasteiger partial charge in [0.25, 0.3) is 5.91 Å². The largest absolute Gasteiger partial charge is 0.373 e. The average Bonchev–Trinajstić information content (AvgIpc) is 3.10. The molecule has 1 aliphatic rings. The molecule has 2 atom stereocenters. The summed E-state index contributed by atoms with van der Waals surface area (Å²) in [6.07, 6.45) is 8.14. The van der Waals surface area contributed by atoms with Gasteiger partial charge in [-0.05, 0) is 24.5 Å². The highest BCUT2D eigenvalue weighted by molar-refractivity contribution is 6.00. The predicted octanol–water partition coefficient (Wildman–Crippen LogP) is 2.30. The molecule has 1 amide bonds. The van der Waals surface area contributed by atoms with E-state index in [9.17, 15) is 4.79 Å². The molecule has 142 valence electrons. The number of anilines is 3. The van der Waals surface area contributed by atoms with Crippen molar-refractivity contribution in [3.63, 3.8) is 0 Å². The minimum absolute atomic E-state index is 0.147. The van der Waals surface area contributed by atoms with E-state index in [1.54, 1.807) is 24.0 Å². The monoisotopic (exact) mass is 376 g/mol. The van der Waals surface area contributed by atoms with Gasteiger partial charge >= 0.3 is 0 Å². The van der Waals surface area contributed by atoms with Crippen molar-refractivity contribution < 1.29 is 4.79 Å². The lowest BCUT2D eigenvalue weighted by Crippen LogP contribution is -2.26. The summed E-state index contributed by atoms with van der Waals surface area (Å²) in [5, 5.41) is 13.8. The minimum atomic E-state index is -0.147. The Kier molecular flexibility index (Phi) is 3.68. The normalized spacial score (nSPS) is 18.4. The van der Waals surface area contributed by atoms with Crippen LogP contribution in [-0.2, 0) is 0 Å². The number of carbonyl (C=O) groups excluding carboxylic acids is 1. The van der Waals surface area contributed by atoms with Crippen LogP contribution in [0.4, 0.5) is 17.3 Å². The highest BCUT2D eigenvalue weighted by Crippen LogP contribution is 2.30. The number of fused-ring (bicyclic) bond motifs is 2. The second kappa shape index (κ2) is 6.22. The van der Waals surface area contributed by atoms with Gasteiger partial charge in [0.15, 0.2) is 11.3 Å². The Morgan fingerprint density at radius 2 is 2.14 bits per heavy atom. The Morgan fingerprint density at radius 1 is 1.29 bits per heavy atom. The summed E-state index contributed by atoms with van der Waals surface area (Å²) >= 11 is 0. The van der Waals surface area contributed by atoms with Gasteiger partial charge in [0.1, 0.15) is 17.2 Å². The highest BCUT2D eigenvalue weighted by atomic mass is 16.1. The molecule has 0 unspecified atom stereocenters. The van der Waals surface area contributed by atoms with E-state index in [1.165, 1.54) is 0 Å². The molecule has 28 heavy (non-hydrogen) atoms. The van der Waals surface area contributed by atoms with E-state index < -0.39 is 0 Å². The van der Waals surface area contributed by atoms with Crippen LogP contribution >= 0.6 is 0 Å². The smallest absolute Gasteiger partial charge is 0.256 e. The van der Waals surface area contributed by atoms with Gasteiger partial charge in [0, 0.05) is 37.7 Å². The summed E-state index contributed by atoms with van der Waals surface area (Å²) in [6.45, 7) is 2.12. The molecule has 1 saturated carbocycles. The maximum atomic E-state index is 12.7. The Balaban J connectivity index is 1.55. The highest BCUT2D eigenvalue weighted by Gasteiger charge is 2.34. The van der Waals surface area contributed by atoms with E-state index in [2.05, 4.69) is 37.9 Å². The Labute approximate surface area is 160 Å². The van der Waals surface area contributed by atoms with Gasteiger partial charge in [0.2, 0.25) is 0 Å². The molecular weight excluding hydrogens is 356 g/mol. The number of amides is 1. The lowest BCUT2D eigenvalue weighted by Gasteiger charge is -2.11. The van der Waals surface area contributed by atoms with Crippen molar-refractivity contribution in [1.29, 1.82) is 0 Å². The van der Waals surface area contributed by atoms with Crippen LogP contribution in [0.5, 0.6) is 0 Å². The van der Waals surface area contributed by atoms with Crippen LogP contribution in [0.3, 0.4) is 0 Å². The summed E-state index contributed by atoms with van der Waals surface area (Å²) in [6, 6.07) is 5.96. The summed E-state index contributed by atoms with van der Waals surface area (Å²) in [7, 11) is 1.81. The SMILES string of the molecule is CNc1cc(Nc2cccn3ccnc23)nc2c(C(=O)N[C@@H]3C[C@@H]3C)cnn12. The number of hydrogen-bond acceptors (Lipinski definition) is 6. The zero-order valence-corrected chi connectivity index (χ0v) is 15.5. The Bertz CT molecular complexity index is 1190. The van der Waals surface area contributed by atoms with Gasteiger partial charge in [-0.3, -0.25) is 4.79 Å². The molecule has 0 radical (unpaired) electrons. The number of hydrogen-bond donors (Lipinski definition) is 3. The molecule has 1 aliphatic carbocycles. The molecule has 3 N–H and O–H groups in total. The van der Waals surface area contributed by atoms with E-state index in [-0.39, 0.29) is 11.9 Å². The quantitative estimate of drug-likeness (QED) is 0.494. The van der Waals surface area contributed by atoms with Gasteiger partial charge in [-0.1, -0.05) is 6.92 Å². The summed E-state index contributed by atoms with van der Waals surface area (Å²) in [5.41, 5.74) is 2.57. The summed E-state index contributed by atoms with van der Waals surface area (Å²) in [4.78, 5) is 21.7. The first kappa shape index (κ1) is 16.5. The van der Waals surface area contributed by atoms with Crippen molar-refractivity contribution >= 4 is 34.5 Å². The third-order valence-electron chi connectivity index (χ3n) is 5.08. The first-order chi connectivity index (χ1) is 13.6. The van der Waals surface area contributed by atoms with Crippen molar-refractivity contribution in [2.75, 3.05) is 17.7 Å². The second-order valence-electron chi connectivity index (χ2n) is 7.07. The number of imidazole rings is 1. The fourth-order valence-electron chi connectivity index (χ4n) is 3.32. The number of aromatic nitrogens is 5. The van der Waals surface area contributed by atoms with Crippen molar-refractivity contribution in [3.8, 4) is 0 Å². The lowest BCUT2D eigenvalue weighted by atomic mass is 10.3. The molecule has 9 nitrogen and oxygen atoms in total. The fourth-order valence-corrected chi connectivity index (χ4v) is 3.32. The van der Waals surface area contributed by atoms with Crippen LogP contribution in [-0.4, -0.2) is 43.0 Å². The van der Waals surface area contributed by atoms with Gasteiger partial charge in [-0.2, -0.15) is 9.61 Å². The van der Waals surface area contributed by atoms with E-state index in [1.807, 2.05) is 35.0 Å². The third-order valence-corrected chi connectivity index (χ3v) is 5.08. The Hall–Kier alpha value is -3.62. The maximum absolute atomic E-state index is 12.7. The van der Waals surface area contributed by atoms with E-state index in [4.69, 9.17) is 0 Å². The molecule has 4 aromatic heterocycles. The number of nitrogens with one attached hydrogen (secondary N) is 3. The molecule has 9 heteroatoms. The van der Waals surface area contributed by atoms with Crippen molar-refractivity contribution in [1.82, 2.24) is 29.3 Å². The third kappa shape index (κ3) is 2.72. The molecule has 0 bridgehead atoms. The minimum Gasteiger partial charge on any atom is -0.373 e. The number of nitrogens with zero attached hydrogens (tertiary/aromatic N) is 5. The molecule has 4 aromatic rings. The van der Waals surface area contributed by atoms with E-state index in [0.29, 0.717) is 22.9 Å². The van der Waals surface area contributed by atoms with Crippen LogP contribution in [0.15, 0.2) is 43.0 Å². The van der Waals surface area contributed by atoms with Crippen molar-refractivity contribution in [2.45, 2.75) is 19.4 Å². The fraction of sp³-hybridized carbons (Fsp3) is 0.263. The van der Waals surface area contributed by atoms with Crippen LogP contribution in [0.2, 0.25) is 0 Å². The summed E-state index contributed by atoms with van der Waals surface area (Å²) < 4.78 is 3.56. The number of carbonyl (C=O) groups is 1. The maximum Gasteiger partial charge on any atom is 0.256 e. The molecule has 0 aromatic carbocycles. The molecular formula is C19H20N8O. The number of pyridine rings is 1. The van der Waals surface area contributed by atoms with Crippen LogP contribution in [0.25, 0.3) is 11.3 Å². The van der Waals surface area contributed by atoms with Crippen LogP contribution < -0.4 is 16.0 Å². The first-order valence-corrected chi connectivity index (χ1v) is 9.20. The molecule has 1 fully saturated rings. The topological polar surface area (TPSA) is 101 Å². The lowest BCUT2D eigenvalue weighted by molar-refractivity contribution is 0.0951. The molecule has 4 heterocycles. The summed E-state index contributed by atoms with van der Waals surface area (Å²) in [5.74, 6) is 1.70. The van der Waals surface area contributed by atoms with Crippen LogP contribution in [0, 0.1) is 5.92 Å². The van der Waals surface area contributed by atoms with Gasteiger partial charge in [-0.25, -0.2) is 9.97 Å². The first-order valence-electron chi connectivity index (χ1n) is 9.20. The predicted molar refractivity (Wildman–Crippen MR) is 106 cm³/mol. The number of rotatable bonds is 5. The van der Waals surface area contributed by atoms with Crippen LogP contribution in [0.1, 0.15) is 23.7 Å². The van der Waals surface area contributed by atoms with Crippen molar-refractivity contribution in [3.05, 3.63) is 48.5 Å². The van der Waals surface area contributed by atoms with E-state index >= 15 is 0 Å². The second-order valence-corrected chi connectivity index (χ2v) is 7.07. The van der Waals surface area contributed by atoms with Crippen molar-refractivity contribution in [2.24, 2.45) is 5.92 Å². The molecule has 0 spiro atoms. The van der Waals surface area contributed by atoms with Gasteiger partial charge in [0.05, 0.1) is 11.9 Å². The Morgan fingerprint density at radius 3 is 2.93 bits per heavy atom. The standard InChI is InChI=1S/C19H20N8O/c1-11-8-14(11)24-19(28)12-10-22-27-16(20-2)9-15(25-17(12)27)23-13-4-3-6-26-7-5-21-18(13)26/h3-7,9-11,14,20H,8H2,1-2H3,(H,23,25)(H,24,28)/t11-,14+/m0/s1. The van der Waals surface area contributed by atoms with Gasteiger partial charge in [-0.15, -0.1) is 0 Å². The molecule has 5 rings (SSSR count). The molecule has 0 aliphatic heterocycles. The average molecular weight is 376 g/mol. The molecule has 0 saturated heterocycles. The zero-order valence-electron chi connectivity index (χ0n) is 15.5. The van der Waals surface area contributed by atoms with Gasteiger partial charge < -0.3 is 20.4 Å². The van der Waals surface area contributed by atoms with E-state index in [0.717, 1.165) is 23.6 Å². The zero-order chi connectivity index (χ0) is 19.3.